The second-order valence-corrected chi connectivity index (χ2v) is 5.60. The van der Waals surface area contributed by atoms with E-state index < -0.39 is 0 Å². The number of nitrogens with two attached hydrogens (primary N) is 1. The molecule has 1 aromatic heterocycles. The maximum absolute atomic E-state index is 5.64. The van der Waals surface area contributed by atoms with Crippen LogP contribution in [-0.4, -0.2) is 16.2 Å². The van der Waals surface area contributed by atoms with Gasteiger partial charge in [-0.05, 0) is 35.9 Å². The number of benzene rings is 2. The Labute approximate surface area is 145 Å². The topological polar surface area (TPSA) is 76.2 Å². The normalized spacial score (nSPS) is 11.5. The summed E-state index contributed by atoms with van der Waals surface area (Å²) in [5, 5.41) is 3.25. The maximum Gasteiger partial charge on any atom is 0.221 e. The molecule has 5 heteroatoms. The monoisotopic (exact) mass is 325 g/mol. The summed E-state index contributed by atoms with van der Waals surface area (Å²) in [4.78, 5) is 12.4. The number of aromatic nitrogens is 2. The average Bonchev–Trinajstić information content (AvgIpc) is 3.09. The molecular formula is C20H15N5. The van der Waals surface area contributed by atoms with Crippen LogP contribution < -0.4 is 11.1 Å². The summed E-state index contributed by atoms with van der Waals surface area (Å²) in [7, 11) is 0. The van der Waals surface area contributed by atoms with E-state index in [4.69, 9.17) is 5.73 Å². The molecule has 1 aliphatic heterocycles. The quantitative estimate of drug-likeness (QED) is 0.710. The van der Waals surface area contributed by atoms with E-state index in [1.165, 1.54) is 0 Å². The minimum absolute atomic E-state index is 0.233. The van der Waals surface area contributed by atoms with Gasteiger partial charge in [-0.2, -0.15) is 4.98 Å². The van der Waals surface area contributed by atoms with E-state index in [1.54, 1.807) is 12.3 Å². The minimum atomic E-state index is 0.233. The maximum atomic E-state index is 5.64. The number of hydrogen-bond acceptors (Lipinski definition) is 5. The lowest BCUT2D eigenvalue weighted by Crippen LogP contribution is -2.00. The molecule has 0 atom stereocenters. The first-order valence-corrected chi connectivity index (χ1v) is 7.87. The summed E-state index contributed by atoms with van der Waals surface area (Å²) in [5.41, 5.74) is 10.7. The van der Waals surface area contributed by atoms with Crippen LogP contribution >= 0.6 is 0 Å². The highest BCUT2D eigenvalue weighted by Gasteiger charge is 2.12. The zero-order chi connectivity index (χ0) is 17.1. The first-order chi connectivity index (χ1) is 12.3. The molecular weight excluding hydrogens is 310 g/mol. The molecule has 0 aliphatic carbocycles. The van der Waals surface area contributed by atoms with Crippen molar-refractivity contribution in [3.05, 3.63) is 77.0 Å². The van der Waals surface area contributed by atoms with Gasteiger partial charge in [0.2, 0.25) is 5.95 Å². The number of anilines is 3. The third-order valence-corrected chi connectivity index (χ3v) is 3.83. The molecule has 2 heterocycles. The molecule has 3 aromatic rings. The molecule has 25 heavy (non-hydrogen) atoms. The van der Waals surface area contributed by atoms with Gasteiger partial charge in [-0.3, -0.25) is 4.99 Å². The van der Waals surface area contributed by atoms with E-state index in [0.717, 1.165) is 27.9 Å². The summed E-state index contributed by atoms with van der Waals surface area (Å²) in [5.74, 6) is 7.36. The van der Waals surface area contributed by atoms with Crippen molar-refractivity contribution in [2.24, 2.45) is 4.99 Å². The Morgan fingerprint density at radius 3 is 2.76 bits per heavy atom. The number of rotatable bonds is 2. The van der Waals surface area contributed by atoms with Gasteiger partial charge in [0.1, 0.15) is 5.82 Å². The molecule has 0 bridgehead atoms. The predicted molar refractivity (Wildman–Crippen MR) is 99.9 cm³/mol. The number of nitrogens with zero attached hydrogens (tertiary/aromatic N) is 3. The molecule has 0 amide bonds. The highest BCUT2D eigenvalue weighted by Crippen LogP contribution is 2.25. The average molecular weight is 325 g/mol. The minimum Gasteiger partial charge on any atom is -0.368 e. The lowest BCUT2D eigenvalue weighted by molar-refractivity contribution is 1.10. The second kappa shape index (κ2) is 6.46. The molecule has 0 saturated carbocycles. The summed E-state index contributed by atoms with van der Waals surface area (Å²) in [6.07, 6.45) is 3.50. The van der Waals surface area contributed by atoms with Crippen molar-refractivity contribution in [3.8, 4) is 11.8 Å². The van der Waals surface area contributed by atoms with Crippen LogP contribution in [0.3, 0.4) is 0 Å². The van der Waals surface area contributed by atoms with Gasteiger partial charge in [-0.1, -0.05) is 30.0 Å². The van der Waals surface area contributed by atoms with Crippen LogP contribution in [-0.2, 0) is 6.54 Å². The molecule has 0 saturated heterocycles. The van der Waals surface area contributed by atoms with Crippen LogP contribution in [0.25, 0.3) is 0 Å². The fourth-order valence-corrected chi connectivity index (χ4v) is 2.66. The largest absolute Gasteiger partial charge is 0.368 e. The van der Waals surface area contributed by atoms with Crippen molar-refractivity contribution in [3.63, 3.8) is 0 Å². The van der Waals surface area contributed by atoms with Gasteiger partial charge in [0.15, 0.2) is 0 Å². The fraction of sp³-hybridized carbons (Fsp3) is 0.0500. The zero-order valence-electron chi connectivity index (χ0n) is 13.4. The Morgan fingerprint density at radius 2 is 1.92 bits per heavy atom. The van der Waals surface area contributed by atoms with E-state index in [-0.39, 0.29) is 5.95 Å². The second-order valence-electron chi connectivity index (χ2n) is 5.60. The van der Waals surface area contributed by atoms with Gasteiger partial charge >= 0.3 is 0 Å². The van der Waals surface area contributed by atoms with Crippen molar-refractivity contribution in [2.75, 3.05) is 11.1 Å². The van der Waals surface area contributed by atoms with Gasteiger partial charge < -0.3 is 11.1 Å². The lowest BCUT2D eigenvalue weighted by Gasteiger charge is -2.09. The van der Waals surface area contributed by atoms with E-state index in [9.17, 15) is 0 Å². The zero-order valence-corrected chi connectivity index (χ0v) is 13.4. The van der Waals surface area contributed by atoms with Crippen LogP contribution in [0.4, 0.5) is 17.5 Å². The summed E-state index contributed by atoms with van der Waals surface area (Å²) >= 11 is 0. The molecule has 0 fully saturated rings. The van der Waals surface area contributed by atoms with E-state index >= 15 is 0 Å². The van der Waals surface area contributed by atoms with Gasteiger partial charge in [0.25, 0.3) is 0 Å². The van der Waals surface area contributed by atoms with Crippen LogP contribution in [0.1, 0.15) is 22.3 Å². The number of aliphatic imine (C=N–C) groups is 1. The third kappa shape index (κ3) is 3.33. The molecule has 0 radical (unpaired) electrons. The molecule has 4 rings (SSSR count). The van der Waals surface area contributed by atoms with Crippen molar-refractivity contribution in [2.45, 2.75) is 6.54 Å². The van der Waals surface area contributed by atoms with Crippen LogP contribution in [0.5, 0.6) is 0 Å². The Kier molecular flexibility index (Phi) is 3.85. The Morgan fingerprint density at radius 1 is 1.04 bits per heavy atom. The molecule has 0 spiro atoms. The predicted octanol–water partition coefficient (Wildman–Crippen LogP) is 3.13. The Bertz CT molecular complexity index is 1010. The van der Waals surface area contributed by atoms with Gasteiger partial charge in [-0.25, -0.2) is 4.98 Å². The summed E-state index contributed by atoms with van der Waals surface area (Å²) in [6.45, 7) is 0.662. The fourth-order valence-electron chi connectivity index (χ4n) is 2.66. The number of nitrogens with one attached hydrogen (secondary N) is 1. The first kappa shape index (κ1) is 14.9. The Balaban J connectivity index is 1.70. The molecule has 2 aromatic carbocycles. The van der Waals surface area contributed by atoms with Crippen molar-refractivity contribution in [1.29, 1.82) is 0 Å². The van der Waals surface area contributed by atoms with Gasteiger partial charge in [0.05, 0.1) is 6.54 Å². The number of nitrogen functional groups attached to an aromatic ring is 1. The molecule has 120 valence electrons. The number of fused-ring (bicyclic) bond motifs is 1. The smallest absolute Gasteiger partial charge is 0.221 e. The van der Waals surface area contributed by atoms with Crippen LogP contribution in [0.2, 0.25) is 0 Å². The SMILES string of the molecule is Nc1nccc(Nc2cc(C#Cc3ccccc3)c3c(c2)C=NC3)n1. The Hall–Kier alpha value is -3.65. The van der Waals surface area contributed by atoms with Crippen molar-refractivity contribution in [1.82, 2.24) is 9.97 Å². The molecule has 5 nitrogen and oxygen atoms in total. The first-order valence-electron chi connectivity index (χ1n) is 7.87. The highest BCUT2D eigenvalue weighted by atomic mass is 15.1. The van der Waals surface area contributed by atoms with Crippen molar-refractivity contribution >= 4 is 23.7 Å². The summed E-state index contributed by atoms with van der Waals surface area (Å²) in [6, 6.07) is 15.8. The summed E-state index contributed by atoms with van der Waals surface area (Å²) < 4.78 is 0. The highest BCUT2D eigenvalue weighted by molar-refractivity contribution is 5.88. The van der Waals surface area contributed by atoms with Gasteiger partial charge in [0, 0.05) is 34.8 Å². The van der Waals surface area contributed by atoms with E-state index in [0.29, 0.717) is 12.4 Å². The number of hydrogen-bond donors (Lipinski definition) is 2. The van der Waals surface area contributed by atoms with Crippen molar-refractivity contribution < 1.29 is 0 Å². The third-order valence-electron chi connectivity index (χ3n) is 3.83. The van der Waals surface area contributed by atoms with Gasteiger partial charge in [-0.15, -0.1) is 0 Å². The lowest BCUT2D eigenvalue weighted by atomic mass is 10.0. The standard InChI is InChI=1S/C20H15N5/c21-20-23-9-8-19(25-20)24-17-10-15(18-13-22-12-16(18)11-17)7-6-14-4-2-1-3-5-14/h1-5,8-12H,13H2,(H3,21,23,24,25). The molecule has 0 unspecified atom stereocenters. The van der Waals surface area contributed by atoms with Crippen LogP contribution in [0, 0.1) is 11.8 Å². The van der Waals surface area contributed by atoms with E-state index in [2.05, 4.69) is 32.1 Å². The van der Waals surface area contributed by atoms with E-state index in [1.807, 2.05) is 48.7 Å². The van der Waals surface area contributed by atoms with Crippen LogP contribution in [0.15, 0.2) is 59.7 Å². The molecule has 3 N–H and O–H groups in total. The molecule has 1 aliphatic rings.